The number of carbonyl (C=O) groups excluding carboxylic acids is 2. The van der Waals surface area contributed by atoms with Gasteiger partial charge in [0.1, 0.15) is 6.04 Å². The lowest BCUT2D eigenvalue weighted by molar-refractivity contribution is -0.131. The minimum atomic E-state index is -0.509. The number of benzene rings is 1. The molecule has 0 bridgehead atoms. The molecule has 5 heteroatoms. The predicted octanol–water partition coefficient (Wildman–Crippen LogP) is 2.01. The summed E-state index contributed by atoms with van der Waals surface area (Å²) in [6.07, 6.45) is 3.48. The van der Waals surface area contributed by atoms with Gasteiger partial charge in [0.05, 0.1) is 12.6 Å². The van der Waals surface area contributed by atoms with Crippen LogP contribution in [0.1, 0.15) is 31.7 Å². The van der Waals surface area contributed by atoms with Crippen LogP contribution in [0.15, 0.2) is 30.3 Å². The summed E-state index contributed by atoms with van der Waals surface area (Å²) in [5.41, 5.74) is 1.33. The highest BCUT2D eigenvalue weighted by Crippen LogP contribution is 2.07. The van der Waals surface area contributed by atoms with E-state index in [9.17, 15) is 9.59 Å². The molecule has 1 fully saturated rings. The average molecular weight is 290 g/mol. The molecule has 1 aliphatic rings. The number of ether oxygens (including phenoxy) is 1. The minimum absolute atomic E-state index is 0.0177. The van der Waals surface area contributed by atoms with Crippen molar-refractivity contribution in [3.63, 3.8) is 0 Å². The zero-order chi connectivity index (χ0) is 15.1. The maximum atomic E-state index is 11.5. The molecule has 2 rings (SSSR count). The number of hydrogen-bond acceptors (Lipinski definition) is 3. The molecule has 1 aromatic carbocycles. The molecule has 0 unspecified atom stereocenters. The molecule has 1 aliphatic heterocycles. The Balaban J connectivity index is 1.50. The Morgan fingerprint density at radius 3 is 2.67 bits per heavy atom. The lowest BCUT2D eigenvalue weighted by Gasteiger charge is -2.33. The summed E-state index contributed by atoms with van der Waals surface area (Å²) in [6.45, 7) is 2.24. The van der Waals surface area contributed by atoms with Gasteiger partial charge in [0.2, 0.25) is 5.91 Å². The van der Waals surface area contributed by atoms with E-state index in [-0.39, 0.29) is 11.9 Å². The Bertz CT molecular complexity index is 476. The van der Waals surface area contributed by atoms with Crippen molar-refractivity contribution in [1.82, 2.24) is 10.6 Å². The number of aryl methyl sites for hydroxylation is 1. The van der Waals surface area contributed by atoms with Crippen LogP contribution in [0.25, 0.3) is 0 Å². The number of amides is 2. The van der Waals surface area contributed by atoms with E-state index in [0.717, 1.165) is 25.7 Å². The normalized spacial score (nSPS) is 20.3. The minimum Gasteiger partial charge on any atom is -0.450 e. The van der Waals surface area contributed by atoms with Gasteiger partial charge in [-0.3, -0.25) is 4.79 Å². The smallest absolute Gasteiger partial charge is 0.407 e. The maximum absolute atomic E-state index is 11.5. The standard InChI is InChI=1S/C16H22N2O3/c1-12-14(15(19)17-12)18-16(20)21-11-7-3-6-10-13-8-4-2-5-9-13/h2,4-5,8-9,12,14H,3,6-7,10-11H2,1H3,(H,17,19)(H,18,20)/t12-,14-/m0/s1. The summed E-state index contributed by atoms with van der Waals surface area (Å²) in [5, 5.41) is 5.21. The summed E-state index contributed by atoms with van der Waals surface area (Å²) in [7, 11) is 0. The fourth-order valence-electron chi connectivity index (χ4n) is 2.31. The van der Waals surface area contributed by atoms with Crippen LogP contribution in [0, 0.1) is 0 Å². The Kier molecular flexibility index (Phi) is 5.60. The molecular formula is C16H22N2O3. The van der Waals surface area contributed by atoms with Crippen LogP contribution < -0.4 is 10.6 Å². The highest BCUT2D eigenvalue weighted by Gasteiger charge is 2.37. The average Bonchev–Trinajstić information content (AvgIpc) is 2.49. The first kappa shape index (κ1) is 15.4. The van der Waals surface area contributed by atoms with E-state index in [1.165, 1.54) is 5.56 Å². The number of nitrogens with one attached hydrogen (secondary N) is 2. The van der Waals surface area contributed by atoms with Crippen molar-refractivity contribution in [1.29, 1.82) is 0 Å². The van der Waals surface area contributed by atoms with Crippen LogP contribution in [0.3, 0.4) is 0 Å². The second-order valence-electron chi connectivity index (χ2n) is 5.35. The molecule has 0 saturated carbocycles. The molecule has 2 atom stereocenters. The van der Waals surface area contributed by atoms with E-state index >= 15 is 0 Å². The summed E-state index contributed by atoms with van der Waals surface area (Å²) in [4.78, 5) is 22.6. The zero-order valence-corrected chi connectivity index (χ0v) is 12.3. The molecule has 21 heavy (non-hydrogen) atoms. The molecule has 0 aliphatic carbocycles. The molecule has 0 aromatic heterocycles. The third kappa shape index (κ3) is 4.77. The van der Waals surface area contributed by atoms with Gasteiger partial charge in [-0.25, -0.2) is 4.79 Å². The van der Waals surface area contributed by atoms with Crippen LogP contribution in [0.2, 0.25) is 0 Å². The van der Waals surface area contributed by atoms with E-state index in [0.29, 0.717) is 6.61 Å². The molecule has 2 N–H and O–H groups in total. The van der Waals surface area contributed by atoms with Gasteiger partial charge in [0.25, 0.3) is 0 Å². The van der Waals surface area contributed by atoms with Crippen molar-refractivity contribution in [3.05, 3.63) is 35.9 Å². The van der Waals surface area contributed by atoms with Crippen LogP contribution in [-0.4, -0.2) is 30.7 Å². The molecule has 1 saturated heterocycles. The summed E-state index contributed by atoms with van der Waals surface area (Å²) >= 11 is 0. The third-order valence-corrected chi connectivity index (χ3v) is 3.61. The van der Waals surface area contributed by atoms with E-state index in [1.54, 1.807) is 0 Å². The Morgan fingerprint density at radius 1 is 1.24 bits per heavy atom. The van der Waals surface area contributed by atoms with E-state index in [1.807, 2.05) is 25.1 Å². The molecule has 1 heterocycles. The van der Waals surface area contributed by atoms with Gasteiger partial charge in [-0.15, -0.1) is 0 Å². The first-order valence-electron chi connectivity index (χ1n) is 7.44. The molecule has 114 valence electrons. The number of rotatable bonds is 7. The number of unbranched alkanes of at least 4 members (excludes halogenated alkanes) is 2. The number of carbonyl (C=O) groups is 2. The summed E-state index contributed by atoms with van der Waals surface area (Å²) in [5.74, 6) is -0.151. The third-order valence-electron chi connectivity index (χ3n) is 3.61. The highest BCUT2D eigenvalue weighted by atomic mass is 16.5. The van der Waals surface area contributed by atoms with E-state index in [2.05, 4.69) is 22.8 Å². The van der Waals surface area contributed by atoms with E-state index in [4.69, 9.17) is 4.74 Å². The molecule has 2 amide bonds. The summed E-state index contributed by atoms with van der Waals surface area (Å²) < 4.78 is 5.07. The second kappa shape index (κ2) is 7.67. The number of β-lactam (4-membered cyclic amide) rings is 1. The molecule has 0 spiro atoms. The molecule has 1 aromatic rings. The monoisotopic (exact) mass is 290 g/mol. The van der Waals surface area contributed by atoms with Gasteiger partial charge in [0, 0.05) is 0 Å². The Morgan fingerprint density at radius 2 is 2.00 bits per heavy atom. The van der Waals surface area contributed by atoms with Crippen LogP contribution in [-0.2, 0) is 16.0 Å². The van der Waals surface area contributed by atoms with Gasteiger partial charge in [-0.2, -0.15) is 0 Å². The summed E-state index contributed by atoms with van der Waals surface area (Å²) in [6, 6.07) is 9.87. The Labute approximate surface area is 125 Å². The SMILES string of the molecule is C[C@@H]1NC(=O)[C@H]1NC(=O)OCCCCCc1ccccc1. The fraction of sp³-hybridized carbons (Fsp3) is 0.500. The topological polar surface area (TPSA) is 67.4 Å². The highest BCUT2D eigenvalue weighted by molar-refractivity contribution is 5.92. The lowest BCUT2D eigenvalue weighted by Crippen LogP contribution is -2.67. The predicted molar refractivity (Wildman–Crippen MR) is 79.9 cm³/mol. The maximum Gasteiger partial charge on any atom is 0.407 e. The lowest BCUT2D eigenvalue weighted by atomic mass is 10.0. The first-order valence-corrected chi connectivity index (χ1v) is 7.44. The van der Waals surface area contributed by atoms with Crippen molar-refractivity contribution in [2.45, 2.75) is 44.7 Å². The molecule has 5 nitrogen and oxygen atoms in total. The first-order chi connectivity index (χ1) is 10.2. The van der Waals surface area contributed by atoms with Crippen LogP contribution >= 0.6 is 0 Å². The van der Waals surface area contributed by atoms with Crippen molar-refractivity contribution >= 4 is 12.0 Å². The number of hydrogen-bond donors (Lipinski definition) is 2. The van der Waals surface area contributed by atoms with Gasteiger partial charge >= 0.3 is 6.09 Å². The molecule has 0 radical (unpaired) electrons. The molecular weight excluding hydrogens is 268 g/mol. The van der Waals surface area contributed by atoms with Crippen molar-refractivity contribution in [2.75, 3.05) is 6.61 Å². The fourth-order valence-corrected chi connectivity index (χ4v) is 2.31. The van der Waals surface area contributed by atoms with Crippen molar-refractivity contribution < 1.29 is 14.3 Å². The van der Waals surface area contributed by atoms with Gasteiger partial charge < -0.3 is 15.4 Å². The van der Waals surface area contributed by atoms with E-state index < -0.39 is 12.1 Å². The zero-order valence-electron chi connectivity index (χ0n) is 12.3. The van der Waals surface area contributed by atoms with Crippen LogP contribution in [0.5, 0.6) is 0 Å². The van der Waals surface area contributed by atoms with Gasteiger partial charge in [0.15, 0.2) is 0 Å². The second-order valence-corrected chi connectivity index (χ2v) is 5.35. The Hall–Kier alpha value is -2.04. The van der Waals surface area contributed by atoms with Crippen molar-refractivity contribution in [2.24, 2.45) is 0 Å². The van der Waals surface area contributed by atoms with Crippen molar-refractivity contribution in [3.8, 4) is 0 Å². The van der Waals surface area contributed by atoms with Crippen LogP contribution in [0.4, 0.5) is 4.79 Å². The quantitative estimate of drug-likeness (QED) is 0.596. The van der Waals surface area contributed by atoms with Gasteiger partial charge in [-0.05, 0) is 38.2 Å². The number of alkyl carbamates (subject to hydrolysis) is 1. The van der Waals surface area contributed by atoms with Gasteiger partial charge in [-0.1, -0.05) is 30.3 Å². The largest absolute Gasteiger partial charge is 0.450 e.